The molecule has 0 aromatic heterocycles. The molecule has 0 fully saturated rings. The summed E-state index contributed by atoms with van der Waals surface area (Å²) < 4.78 is 44.6. The Labute approximate surface area is 220 Å². The third kappa shape index (κ3) is 7.56. The summed E-state index contributed by atoms with van der Waals surface area (Å²) in [5.41, 5.74) is -0.732. The van der Waals surface area contributed by atoms with Gasteiger partial charge in [-0.25, -0.2) is 4.79 Å². The van der Waals surface area contributed by atoms with E-state index in [-0.39, 0.29) is 22.7 Å². The monoisotopic (exact) mass is 547 g/mol. The molecule has 0 aliphatic carbocycles. The number of nitrogens with one attached hydrogen (secondary N) is 3. The predicted octanol–water partition coefficient (Wildman–Crippen LogP) is 4.45. The van der Waals surface area contributed by atoms with Gasteiger partial charge in [0.25, 0.3) is 0 Å². The van der Waals surface area contributed by atoms with Gasteiger partial charge < -0.3 is 20.7 Å². The molecule has 0 spiro atoms. The van der Waals surface area contributed by atoms with Crippen LogP contribution in [0.4, 0.5) is 24.5 Å². The van der Waals surface area contributed by atoms with E-state index in [2.05, 4.69) is 15.4 Å². The second-order valence-corrected chi connectivity index (χ2v) is 8.35. The van der Waals surface area contributed by atoms with Crippen molar-refractivity contribution in [2.24, 2.45) is 0 Å². The van der Waals surface area contributed by atoms with Crippen molar-refractivity contribution in [2.45, 2.75) is 18.6 Å². The second-order valence-electron chi connectivity index (χ2n) is 7.92. The molecule has 3 aromatic rings. The number of anilines is 2. The average molecular weight is 548 g/mol. The van der Waals surface area contributed by atoms with Crippen LogP contribution in [0.5, 0.6) is 0 Å². The van der Waals surface area contributed by atoms with E-state index in [0.717, 1.165) is 12.1 Å². The maximum absolute atomic E-state index is 13.3. The van der Waals surface area contributed by atoms with Crippen LogP contribution in [0.25, 0.3) is 0 Å². The molecule has 3 rings (SSSR count). The van der Waals surface area contributed by atoms with Crippen molar-refractivity contribution >= 4 is 46.7 Å². The van der Waals surface area contributed by atoms with Crippen molar-refractivity contribution in [3.8, 4) is 0 Å². The van der Waals surface area contributed by atoms with Gasteiger partial charge in [-0.05, 0) is 48.0 Å². The van der Waals surface area contributed by atoms with E-state index in [1.807, 2.05) is 5.32 Å². The van der Waals surface area contributed by atoms with E-state index in [1.54, 1.807) is 30.3 Å². The minimum absolute atomic E-state index is 0.0308. The van der Waals surface area contributed by atoms with Crippen LogP contribution in [0.2, 0.25) is 5.02 Å². The number of methoxy groups -OCH3 is 1. The van der Waals surface area contributed by atoms with Gasteiger partial charge in [0, 0.05) is 17.1 Å². The van der Waals surface area contributed by atoms with Gasteiger partial charge in [0.1, 0.15) is 6.04 Å². The summed E-state index contributed by atoms with van der Waals surface area (Å²) in [6, 6.07) is 15.5. The average Bonchev–Trinajstić information content (AvgIpc) is 2.88. The lowest BCUT2D eigenvalue weighted by Crippen LogP contribution is -2.49. The molecule has 3 N–H and O–H groups in total. The van der Waals surface area contributed by atoms with Crippen molar-refractivity contribution in [3.63, 3.8) is 0 Å². The fourth-order valence-electron chi connectivity index (χ4n) is 3.37. The van der Waals surface area contributed by atoms with Gasteiger partial charge in [-0.3, -0.25) is 14.4 Å². The molecule has 0 bridgehead atoms. The van der Waals surface area contributed by atoms with Crippen LogP contribution in [-0.4, -0.2) is 36.8 Å². The van der Waals surface area contributed by atoms with E-state index in [1.165, 1.54) is 31.4 Å². The Bertz CT molecular complexity index is 1330. The smallest absolute Gasteiger partial charge is 0.418 e. The zero-order valence-electron chi connectivity index (χ0n) is 19.8. The van der Waals surface area contributed by atoms with Crippen molar-refractivity contribution in [2.75, 3.05) is 17.7 Å². The third-order valence-electron chi connectivity index (χ3n) is 5.22. The van der Waals surface area contributed by atoms with Crippen LogP contribution in [0.15, 0.2) is 72.8 Å². The lowest BCUT2D eigenvalue weighted by Gasteiger charge is -2.19. The molecule has 198 valence electrons. The second kappa shape index (κ2) is 12.2. The SMILES string of the molecule is COC(=O)c1ccc(NC(=O)C(Cc2ccccc2)NC(=O)C(=O)Nc2cc(Cl)ccc2C(F)(F)F)cc1. The molecule has 1 atom stereocenters. The Kier molecular flexibility index (Phi) is 9.08. The van der Waals surface area contributed by atoms with Crippen LogP contribution < -0.4 is 16.0 Å². The number of alkyl halides is 3. The Balaban J connectivity index is 1.78. The number of hydrogen-bond donors (Lipinski definition) is 3. The van der Waals surface area contributed by atoms with Gasteiger partial charge in [-0.15, -0.1) is 0 Å². The summed E-state index contributed by atoms with van der Waals surface area (Å²) >= 11 is 5.76. The van der Waals surface area contributed by atoms with Crippen molar-refractivity contribution in [1.82, 2.24) is 5.32 Å². The molecule has 0 radical (unpaired) electrons. The van der Waals surface area contributed by atoms with E-state index in [4.69, 9.17) is 11.6 Å². The van der Waals surface area contributed by atoms with Crippen molar-refractivity contribution in [3.05, 3.63) is 94.5 Å². The molecule has 0 aliphatic rings. The first-order valence-electron chi connectivity index (χ1n) is 11.0. The Morgan fingerprint density at radius 1 is 0.895 bits per heavy atom. The van der Waals surface area contributed by atoms with Gasteiger partial charge in [-0.2, -0.15) is 13.2 Å². The molecule has 38 heavy (non-hydrogen) atoms. The fourth-order valence-corrected chi connectivity index (χ4v) is 3.54. The third-order valence-corrected chi connectivity index (χ3v) is 5.45. The lowest BCUT2D eigenvalue weighted by atomic mass is 10.0. The summed E-state index contributed by atoms with van der Waals surface area (Å²) in [4.78, 5) is 49.8. The van der Waals surface area contributed by atoms with Crippen molar-refractivity contribution < 1.29 is 37.1 Å². The minimum atomic E-state index is -4.82. The number of hydrogen-bond acceptors (Lipinski definition) is 5. The number of carbonyl (C=O) groups excluding carboxylic acids is 4. The number of benzene rings is 3. The topological polar surface area (TPSA) is 114 Å². The van der Waals surface area contributed by atoms with Gasteiger partial charge in [0.05, 0.1) is 23.9 Å². The summed E-state index contributed by atoms with van der Waals surface area (Å²) in [6.45, 7) is 0. The van der Waals surface area contributed by atoms with Crippen LogP contribution >= 0.6 is 11.6 Å². The number of amides is 3. The fraction of sp³-hybridized carbons (Fsp3) is 0.154. The Morgan fingerprint density at radius 2 is 1.55 bits per heavy atom. The number of ether oxygens (including phenoxy) is 1. The van der Waals surface area contributed by atoms with E-state index in [0.29, 0.717) is 11.6 Å². The number of esters is 1. The first-order valence-corrected chi connectivity index (χ1v) is 11.4. The van der Waals surface area contributed by atoms with E-state index >= 15 is 0 Å². The van der Waals surface area contributed by atoms with Gasteiger partial charge in [0.15, 0.2) is 0 Å². The molecule has 3 aromatic carbocycles. The van der Waals surface area contributed by atoms with Crippen LogP contribution in [0.1, 0.15) is 21.5 Å². The quantitative estimate of drug-likeness (QED) is 0.299. The molecule has 12 heteroatoms. The maximum Gasteiger partial charge on any atom is 0.418 e. The van der Waals surface area contributed by atoms with Crippen LogP contribution in [0.3, 0.4) is 0 Å². The molecule has 0 saturated carbocycles. The largest absolute Gasteiger partial charge is 0.465 e. The highest BCUT2D eigenvalue weighted by atomic mass is 35.5. The zero-order valence-corrected chi connectivity index (χ0v) is 20.5. The van der Waals surface area contributed by atoms with Crippen LogP contribution in [0, 0.1) is 0 Å². The lowest BCUT2D eigenvalue weighted by molar-refractivity contribution is -0.138. The molecular formula is C26H21ClF3N3O5. The number of halogens is 4. The highest BCUT2D eigenvalue weighted by molar-refractivity contribution is 6.40. The first kappa shape index (κ1) is 28.2. The molecule has 0 saturated heterocycles. The summed E-state index contributed by atoms with van der Waals surface area (Å²) in [5.74, 6) is -4.04. The summed E-state index contributed by atoms with van der Waals surface area (Å²) in [6.07, 6.45) is -4.85. The maximum atomic E-state index is 13.3. The van der Waals surface area contributed by atoms with Gasteiger partial charge in [0.2, 0.25) is 5.91 Å². The molecule has 1 unspecified atom stereocenters. The summed E-state index contributed by atoms with van der Waals surface area (Å²) in [7, 11) is 1.22. The van der Waals surface area contributed by atoms with Crippen LogP contribution in [-0.2, 0) is 31.7 Å². The first-order chi connectivity index (χ1) is 18.0. The molecule has 3 amide bonds. The molecule has 8 nitrogen and oxygen atoms in total. The minimum Gasteiger partial charge on any atom is -0.465 e. The molecule has 0 aliphatic heterocycles. The summed E-state index contributed by atoms with van der Waals surface area (Å²) in [5, 5.41) is 6.66. The van der Waals surface area contributed by atoms with Crippen molar-refractivity contribution in [1.29, 1.82) is 0 Å². The Hall–Kier alpha value is -4.38. The predicted molar refractivity (Wildman–Crippen MR) is 134 cm³/mol. The van der Waals surface area contributed by atoms with Gasteiger partial charge >= 0.3 is 24.0 Å². The van der Waals surface area contributed by atoms with Gasteiger partial charge in [-0.1, -0.05) is 41.9 Å². The standard InChI is InChI=1S/C26H21ClF3N3O5/c1-38-25(37)16-7-10-18(11-8-16)31-22(34)21(13-15-5-3-2-4-6-15)33-24(36)23(35)32-20-14-17(27)9-12-19(20)26(28,29)30/h2-12,14,21H,13H2,1H3,(H,31,34)(H,32,35)(H,33,36). The number of rotatable bonds is 7. The normalized spacial score (nSPS) is 11.7. The Morgan fingerprint density at radius 3 is 2.16 bits per heavy atom. The number of carbonyl (C=O) groups is 4. The highest BCUT2D eigenvalue weighted by Crippen LogP contribution is 2.36. The molecule has 0 heterocycles. The van der Waals surface area contributed by atoms with E-state index in [9.17, 15) is 32.3 Å². The van der Waals surface area contributed by atoms with E-state index < -0.39 is 47.2 Å². The molecular weight excluding hydrogens is 527 g/mol. The zero-order chi connectivity index (χ0) is 27.9. The highest BCUT2D eigenvalue weighted by Gasteiger charge is 2.35.